The van der Waals surface area contributed by atoms with E-state index in [1.54, 1.807) is 37.4 Å². The summed E-state index contributed by atoms with van der Waals surface area (Å²) < 4.78 is 69.9. The van der Waals surface area contributed by atoms with Crippen molar-refractivity contribution in [3.8, 4) is 0 Å². The number of ether oxygens (including phenoxy) is 3. The lowest BCUT2D eigenvalue weighted by Gasteiger charge is -2.32. The van der Waals surface area contributed by atoms with Crippen molar-refractivity contribution in [1.29, 1.82) is 0 Å². The lowest BCUT2D eigenvalue weighted by molar-refractivity contribution is -0.175. The lowest BCUT2D eigenvalue weighted by Crippen LogP contribution is -2.51. The fourth-order valence-electron chi connectivity index (χ4n) is 4.76. The minimum Gasteiger partial charge on any atom is -0.458 e. The molecule has 0 aliphatic heterocycles. The van der Waals surface area contributed by atoms with Gasteiger partial charge in [-0.1, -0.05) is 63.2 Å². The molecular weight excluding hydrogens is 668 g/mol. The topological polar surface area (TPSA) is 111 Å². The van der Waals surface area contributed by atoms with Crippen molar-refractivity contribution in [2.75, 3.05) is 14.1 Å². The third-order valence-electron chi connectivity index (χ3n) is 7.18. The van der Waals surface area contributed by atoms with E-state index in [-0.39, 0.29) is 35.1 Å². The first-order valence-electron chi connectivity index (χ1n) is 15.7. The van der Waals surface area contributed by atoms with E-state index in [4.69, 9.17) is 14.2 Å². The van der Waals surface area contributed by atoms with Crippen LogP contribution in [0.15, 0.2) is 59.5 Å². The molecule has 0 bridgehead atoms. The number of halogens is 4. The molecule has 0 aliphatic carbocycles. The summed E-state index contributed by atoms with van der Waals surface area (Å²) in [6.07, 6.45) is -3.36. The summed E-state index contributed by atoms with van der Waals surface area (Å²) in [5.74, 6) is -3.59. The van der Waals surface area contributed by atoms with Gasteiger partial charge in [-0.2, -0.15) is 13.2 Å². The molecular formula is C35H46F4N2O7S. The molecule has 0 heterocycles. The maximum atomic E-state index is 15.0. The number of nitrogens with zero attached hydrogens (tertiary/aromatic N) is 1. The van der Waals surface area contributed by atoms with Crippen LogP contribution >= 0.6 is 11.8 Å². The zero-order valence-corrected chi connectivity index (χ0v) is 29.9. The Hall–Kier alpha value is -3.65. The molecule has 0 aliphatic rings. The van der Waals surface area contributed by atoms with Crippen LogP contribution in [0.1, 0.15) is 65.5 Å². The van der Waals surface area contributed by atoms with Crippen molar-refractivity contribution in [2.24, 2.45) is 5.41 Å². The summed E-state index contributed by atoms with van der Waals surface area (Å²) in [7, 11) is 2.82. The van der Waals surface area contributed by atoms with E-state index < -0.39 is 65.7 Å². The number of hydrogen-bond acceptors (Lipinski definition) is 9. The second kappa shape index (κ2) is 17.8. The number of amides is 1. The highest BCUT2D eigenvalue weighted by Crippen LogP contribution is 2.37. The molecule has 0 saturated heterocycles. The average molecular weight is 715 g/mol. The van der Waals surface area contributed by atoms with Crippen molar-refractivity contribution in [1.82, 2.24) is 10.2 Å². The molecule has 4 atom stereocenters. The van der Waals surface area contributed by atoms with E-state index in [2.05, 4.69) is 5.32 Å². The standard InChI is InChI=1S/C35H46F4N2O7S/c1-22(47-30(43)26(40-7)19-33(2,3)4)29(42)41(8)27(20-34(5,6)36)31(44)48-28(32(45)46-21-24-12-10-9-11-13-24)18-23-14-16-25(17-15-23)49-35(37,38)39/h9-17,22,26-28,40H,18-21H2,1-8H3/t22-,26+,27+,28-/m1/s1. The van der Waals surface area contributed by atoms with E-state index in [0.717, 1.165) is 4.90 Å². The van der Waals surface area contributed by atoms with Crippen LogP contribution in [0, 0.1) is 5.41 Å². The Morgan fingerprint density at radius 1 is 0.816 bits per heavy atom. The van der Waals surface area contributed by atoms with Crippen molar-refractivity contribution >= 4 is 35.6 Å². The average Bonchev–Trinajstić information content (AvgIpc) is 2.99. The second-order valence-electron chi connectivity index (χ2n) is 13.5. The van der Waals surface area contributed by atoms with Gasteiger partial charge in [-0.25, -0.2) is 14.0 Å². The van der Waals surface area contributed by atoms with Gasteiger partial charge in [0, 0.05) is 24.8 Å². The number of likely N-dealkylation sites (N-methyl/N-ethyl adjacent to an activating group) is 2. The van der Waals surface area contributed by atoms with Crippen LogP contribution in [0.25, 0.3) is 0 Å². The minimum absolute atomic E-state index is 0.0870. The van der Waals surface area contributed by atoms with Crippen LogP contribution < -0.4 is 5.32 Å². The summed E-state index contributed by atoms with van der Waals surface area (Å²) >= 11 is -0.308. The minimum atomic E-state index is -4.50. The number of rotatable bonds is 16. The summed E-state index contributed by atoms with van der Waals surface area (Å²) in [5.41, 5.74) is -5.73. The Labute approximate surface area is 289 Å². The first kappa shape index (κ1) is 41.5. The maximum Gasteiger partial charge on any atom is 0.446 e. The molecule has 0 spiro atoms. The molecule has 2 aromatic carbocycles. The predicted molar refractivity (Wildman–Crippen MR) is 177 cm³/mol. The number of esters is 3. The third-order valence-corrected chi connectivity index (χ3v) is 7.92. The van der Waals surface area contributed by atoms with Crippen LogP contribution in [0.4, 0.5) is 17.6 Å². The van der Waals surface area contributed by atoms with E-state index in [1.807, 2.05) is 20.8 Å². The molecule has 9 nitrogen and oxygen atoms in total. The van der Waals surface area contributed by atoms with E-state index >= 15 is 4.39 Å². The Morgan fingerprint density at radius 3 is 1.92 bits per heavy atom. The molecule has 0 unspecified atom stereocenters. The summed E-state index contributed by atoms with van der Waals surface area (Å²) in [6, 6.07) is 11.5. The van der Waals surface area contributed by atoms with Gasteiger partial charge in [0.25, 0.3) is 5.91 Å². The lowest BCUT2D eigenvalue weighted by atomic mass is 9.88. The summed E-state index contributed by atoms with van der Waals surface area (Å²) in [4.78, 5) is 54.1. The molecule has 0 aromatic heterocycles. The molecule has 49 heavy (non-hydrogen) atoms. The Balaban J connectivity index is 2.31. The van der Waals surface area contributed by atoms with Gasteiger partial charge in [-0.3, -0.25) is 9.59 Å². The first-order chi connectivity index (χ1) is 22.6. The molecule has 272 valence electrons. The first-order valence-corrected chi connectivity index (χ1v) is 16.5. The van der Waals surface area contributed by atoms with E-state index in [0.29, 0.717) is 17.5 Å². The van der Waals surface area contributed by atoms with Crippen LogP contribution in [-0.4, -0.2) is 78.3 Å². The number of carbonyl (C=O) groups excluding carboxylic acids is 4. The van der Waals surface area contributed by atoms with Crippen molar-refractivity contribution in [2.45, 2.75) is 108 Å². The Kier molecular flexibility index (Phi) is 15.1. The highest BCUT2D eigenvalue weighted by molar-refractivity contribution is 8.00. The molecule has 0 saturated carbocycles. The van der Waals surface area contributed by atoms with Crippen molar-refractivity contribution in [3.05, 3.63) is 65.7 Å². The number of nitrogens with one attached hydrogen (secondary N) is 1. The predicted octanol–water partition coefficient (Wildman–Crippen LogP) is 6.42. The third kappa shape index (κ3) is 15.2. The van der Waals surface area contributed by atoms with Crippen LogP contribution in [0.3, 0.4) is 0 Å². The van der Waals surface area contributed by atoms with Crippen LogP contribution in [-0.2, 0) is 46.4 Å². The highest BCUT2D eigenvalue weighted by atomic mass is 32.2. The molecule has 2 rings (SSSR count). The van der Waals surface area contributed by atoms with Crippen LogP contribution in [0.2, 0.25) is 0 Å². The van der Waals surface area contributed by atoms with Gasteiger partial charge >= 0.3 is 23.4 Å². The van der Waals surface area contributed by atoms with E-state index in [1.165, 1.54) is 52.1 Å². The fraction of sp³-hybridized carbons (Fsp3) is 0.543. The number of thioether (sulfide) groups is 1. The molecule has 2 aromatic rings. The number of carbonyl (C=O) groups is 4. The fourth-order valence-corrected chi connectivity index (χ4v) is 5.30. The van der Waals surface area contributed by atoms with Gasteiger partial charge in [0.15, 0.2) is 6.10 Å². The molecule has 0 radical (unpaired) electrons. The zero-order valence-electron chi connectivity index (χ0n) is 29.1. The van der Waals surface area contributed by atoms with E-state index in [9.17, 15) is 32.3 Å². The van der Waals surface area contributed by atoms with Gasteiger partial charge in [-0.15, -0.1) is 0 Å². The van der Waals surface area contributed by atoms with Gasteiger partial charge < -0.3 is 24.4 Å². The summed E-state index contributed by atoms with van der Waals surface area (Å²) in [6.45, 7) is 9.38. The van der Waals surface area contributed by atoms with Gasteiger partial charge in [-0.05, 0) is 74.7 Å². The molecule has 1 amide bonds. The smallest absolute Gasteiger partial charge is 0.446 e. The van der Waals surface area contributed by atoms with Crippen molar-refractivity contribution in [3.63, 3.8) is 0 Å². The Bertz CT molecular complexity index is 1390. The normalized spacial score (nSPS) is 14.6. The molecule has 0 fully saturated rings. The zero-order chi connectivity index (χ0) is 37.2. The van der Waals surface area contributed by atoms with Gasteiger partial charge in [0.2, 0.25) is 6.10 Å². The second-order valence-corrected chi connectivity index (χ2v) is 14.6. The van der Waals surface area contributed by atoms with Crippen LogP contribution in [0.5, 0.6) is 0 Å². The number of benzene rings is 2. The summed E-state index contributed by atoms with van der Waals surface area (Å²) in [5, 5.41) is 2.87. The Morgan fingerprint density at radius 2 is 1.41 bits per heavy atom. The highest BCUT2D eigenvalue weighted by Gasteiger charge is 2.39. The number of hydrogen-bond donors (Lipinski definition) is 1. The number of alkyl halides is 4. The maximum absolute atomic E-state index is 15.0. The van der Waals surface area contributed by atoms with Gasteiger partial charge in [0.1, 0.15) is 24.4 Å². The van der Waals surface area contributed by atoms with Gasteiger partial charge in [0.05, 0.1) is 0 Å². The monoisotopic (exact) mass is 714 g/mol. The van der Waals surface area contributed by atoms with Crippen molar-refractivity contribution < 1.29 is 51.0 Å². The molecule has 1 N–H and O–H groups in total. The SMILES string of the molecule is CN[C@@H](CC(C)(C)C)C(=O)O[C@H](C)C(=O)N(C)[C@@H](CC(C)(C)F)C(=O)O[C@H](Cc1ccc(SC(F)(F)F)cc1)C(=O)OCc1ccccc1. The largest absolute Gasteiger partial charge is 0.458 e. The quantitative estimate of drug-likeness (QED) is 0.0912. The molecule has 14 heteroatoms.